The first-order chi connectivity index (χ1) is 7.16. The van der Waals surface area contributed by atoms with Crippen LogP contribution in [0.1, 0.15) is 20.8 Å². The molecule has 0 radical (unpaired) electrons. The minimum atomic E-state index is -1.52. The number of carboxylic acid groups (broad SMARTS) is 1. The number of aliphatic hydroxyl groups is 1. The third-order valence-corrected chi connectivity index (χ3v) is 2.87. The SMILES string of the molecule is CC(C(=O)C(=O)O)C1NC(=O)C1C(C)(C)O. The molecule has 3 atom stereocenters. The van der Waals surface area contributed by atoms with Crippen LogP contribution in [0, 0.1) is 11.8 Å². The van der Waals surface area contributed by atoms with Gasteiger partial charge in [-0.15, -0.1) is 0 Å². The van der Waals surface area contributed by atoms with Crippen LogP contribution in [0.15, 0.2) is 0 Å². The van der Waals surface area contributed by atoms with Crippen molar-refractivity contribution in [1.29, 1.82) is 0 Å². The second-order valence-corrected chi connectivity index (χ2v) is 4.62. The number of β-lactam (4-membered cyclic amide) rings is 1. The van der Waals surface area contributed by atoms with Crippen molar-refractivity contribution in [2.75, 3.05) is 0 Å². The van der Waals surface area contributed by atoms with Crippen LogP contribution in [-0.2, 0) is 14.4 Å². The van der Waals surface area contributed by atoms with E-state index in [1.54, 1.807) is 0 Å². The molecular formula is C10H15NO5. The topological polar surface area (TPSA) is 104 Å². The number of ketones is 1. The maximum absolute atomic E-state index is 11.3. The molecule has 3 N–H and O–H groups in total. The van der Waals surface area contributed by atoms with Gasteiger partial charge in [0.05, 0.1) is 17.6 Å². The van der Waals surface area contributed by atoms with Crippen LogP contribution in [0.5, 0.6) is 0 Å². The highest BCUT2D eigenvalue weighted by atomic mass is 16.4. The summed E-state index contributed by atoms with van der Waals surface area (Å²) < 4.78 is 0. The highest BCUT2D eigenvalue weighted by molar-refractivity contribution is 6.33. The highest BCUT2D eigenvalue weighted by Crippen LogP contribution is 2.31. The fourth-order valence-electron chi connectivity index (χ4n) is 1.94. The molecule has 1 aliphatic rings. The van der Waals surface area contributed by atoms with Crippen LogP contribution in [0.4, 0.5) is 0 Å². The van der Waals surface area contributed by atoms with Crippen LogP contribution in [0.2, 0.25) is 0 Å². The average molecular weight is 229 g/mol. The van der Waals surface area contributed by atoms with Crippen molar-refractivity contribution in [2.45, 2.75) is 32.4 Å². The lowest BCUT2D eigenvalue weighted by atomic mass is 9.72. The molecule has 90 valence electrons. The van der Waals surface area contributed by atoms with E-state index in [0.717, 1.165) is 0 Å². The standard InChI is InChI=1S/C10H15NO5/c1-4(7(12)9(14)15)6-5(8(13)11-6)10(2,3)16/h4-6,16H,1-3H3,(H,11,13)(H,14,15). The summed E-state index contributed by atoms with van der Waals surface area (Å²) in [6.45, 7) is 4.35. The molecular weight excluding hydrogens is 214 g/mol. The number of amides is 1. The second kappa shape index (κ2) is 3.86. The van der Waals surface area contributed by atoms with Gasteiger partial charge < -0.3 is 15.5 Å². The maximum atomic E-state index is 11.3. The predicted molar refractivity (Wildman–Crippen MR) is 53.5 cm³/mol. The van der Waals surface area contributed by atoms with E-state index >= 15 is 0 Å². The lowest BCUT2D eigenvalue weighted by molar-refractivity contribution is -0.158. The zero-order chi connectivity index (χ0) is 12.7. The van der Waals surface area contributed by atoms with Crippen LogP contribution < -0.4 is 5.32 Å². The van der Waals surface area contributed by atoms with Crippen molar-refractivity contribution in [2.24, 2.45) is 11.8 Å². The fraction of sp³-hybridized carbons (Fsp3) is 0.700. The summed E-state index contributed by atoms with van der Waals surface area (Å²) in [7, 11) is 0. The molecule has 0 aromatic rings. The molecule has 0 aromatic heterocycles. The predicted octanol–water partition coefficient (Wildman–Crippen LogP) is -0.838. The van der Waals surface area contributed by atoms with Crippen molar-refractivity contribution in [3.63, 3.8) is 0 Å². The first-order valence-electron chi connectivity index (χ1n) is 4.96. The van der Waals surface area contributed by atoms with Gasteiger partial charge in [0.15, 0.2) is 0 Å². The van der Waals surface area contributed by atoms with E-state index in [2.05, 4.69) is 5.32 Å². The number of carboxylic acids is 1. The molecule has 0 bridgehead atoms. The number of carbonyl (C=O) groups is 3. The summed E-state index contributed by atoms with van der Waals surface area (Å²) in [5.41, 5.74) is -1.26. The highest BCUT2D eigenvalue weighted by Gasteiger charge is 2.52. The Morgan fingerprint density at radius 3 is 2.25 bits per heavy atom. The zero-order valence-electron chi connectivity index (χ0n) is 9.35. The van der Waals surface area contributed by atoms with E-state index in [-0.39, 0.29) is 5.91 Å². The van der Waals surface area contributed by atoms with Gasteiger partial charge in [0.2, 0.25) is 11.7 Å². The molecule has 1 heterocycles. The van der Waals surface area contributed by atoms with E-state index in [1.807, 2.05) is 0 Å². The summed E-state index contributed by atoms with van der Waals surface area (Å²) in [5.74, 6) is -4.43. The molecule has 16 heavy (non-hydrogen) atoms. The number of Topliss-reactive ketones (excluding diaryl/α,β-unsaturated/α-hetero) is 1. The molecule has 0 aromatic carbocycles. The molecule has 1 saturated heterocycles. The zero-order valence-corrected chi connectivity index (χ0v) is 9.35. The Labute approximate surface area is 92.6 Å². The Morgan fingerprint density at radius 2 is 1.94 bits per heavy atom. The Kier molecular flexibility index (Phi) is 3.05. The molecule has 1 fully saturated rings. The number of carbonyl (C=O) groups excluding carboxylic acids is 2. The normalized spacial score (nSPS) is 26.6. The monoisotopic (exact) mass is 229 g/mol. The molecule has 6 nitrogen and oxygen atoms in total. The Bertz CT molecular complexity index is 344. The molecule has 0 saturated carbocycles. The van der Waals surface area contributed by atoms with Crippen LogP contribution in [-0.4, -0.2) is 39.5 Å². The van der Waals surface area contributed by atoms with E-state index in [9.17, 15) is 19.5 Å². The van der Waals surface area contributed by atoms with Gasteiger partial charge in [-0.2, -0.15) is 0 Å². The van der Waals surface area contributed by atoms with E-state index in [0.29, 0.717) is 0 Å². The molecule has 6 heteroatoms. The lowest BCUT2D eigenvalue weighted by Gasteiger charge is -2.45. The van der Waals surface area contributed by atoms with Gasteiger partial charge in [-0.25, -0.2) is 4.79 Å². The summed E-state index contributed by atoms with van der Waals surface area (Å²) in [6, 6.07) is -0.615. The van der Waals surface area contributed by atoms with Gasteiger partial charge in [-0.05, 0) is 13.8 Å². The van der Waals surface area contributed by atoms with Crippen LogP contribution in [0.3, 0.4) is 0 Å². The first-order valence-corrected chi connectivity index (χ1v) is 4.96. The number of hydrogen-bond acceptors (Lipinski definition) is 4. The third kappa shape index (κ3) is 2.06. The first kappa shape index (κ1) is 12.6. The third-order valence-electron chi connectivity index (χ3n) is 2.87. The molecule has 1 amide bonds. The van der Waals surface area contributed by atoms with Crippen LogP contribution >= 0.6 is 0 Å². The summed E-state index contributed by atoms with van der Waals surface area (Å²) in [6.07, 6.45) is 0. The second-order valence-electron chi connectivity index (χ2n) is 4.62. The van der Waals surface area contributed by atoms with Crippen LogP contribution in [0.25, 0.3) is 0 Å². The molecule has 0 spiro atoms. The Hall–Kier alpha value is -1.43. The van der Waals surface area contributed by atoms with E-state index < -0.39 is 35.2 Å². The summed E-state index contributed by atoms with van der Waals surface area (Å²) in [5, 5.41) is 20.7. The van der Waals surface area contributed by atoms with E-state index in [4.69, 9.17) is 5.11 Å². The smallest absolute Gasteiger partial charge is 0.372 e. The molecule has 0 aliphatic carbocycles. The molecule has 1 aliphatic heterocycles. The Morgan fingerprint density at radius 1 is 1.44 bits per heavy atom. The van der Waals surface area contributed by atoms with Crippen molar-refractivity contribution >= 4 is 17.7 Å². The quantitative estimate of drug-likeness (QED) is 0.431. The van der Waals surface area contributed by atoms with Gasteiger partial charge >= 0.3 is 5.97 Å². The number of aliphatic carboxylic acids is 1. The fourth-order valence-corrected chi connectivity index (χ4v) is 1.94. The Balaban J connectivity index is 2.80. The lowest BCUT2D eigenvalue weighted by Crippen LogP contribution is -2.68. The van der Waals surface area contributed by atoms with Gasteiger partial charge in [-0.1, -0.05) is 6.92 Å². The van der Waals surface area contributed by atoms with E-state index in [1.165, 1.54) is 20.8 Å². The van der Waals surface area contributed by atoms with Gasteiger partial charge in [0.25, 0.3) is 0 Å². The van der Waals surface area contributed by atoms with Crippen molar-refractivity contribution < 1.29 is 24.6 Å². The maximum Gasteiger partial charge on any atom is 0.372 e. The summed E-state index contributed by atoms with van der Waals surface area (Å²) >= 11 is 0. The van der Waals surface area contributed by atoms with Crippen molar-refractivity contribution in [1.82, 2.24) is 5.32 Å². The average Bonchev–Trinajstić information content (AvgIpc) is 2.08. The van der Waals surface area contributed by atoms with Crippen molar-refractivity contribution in [3.8, 4) is 0 Å². The number of rotatable bonds is 4. The van der Waals surface area contributed by atoms with Crippen molar-refractivity contribution in [3.05, 3.63) is 0 Å². The number of nitrogens with one attached hydrogen (secondary N) is 1. The van der Waals surface area contributed by atoms with Gasteiger partial charge in [-0.3, -0.25) is 9.59 Å². The van der Waals surface area contributed by atoms with Gasteiger partial charge in [0, 0.05) is 5.92 Å². The number of hydrogen-bond donors (Lipinski definition) is 3. The van der Waals surface area contributed by atoms with Gasteiger partial charge in [0.1, 0.15) is 0 Å². The minimum Gasteiger partial charge on any atom is -0.475 e. The largest absolute Gasteiger partial charge is 0.475 e. The molecule has 3 unspecified atom stereocenters. The molecule has 1 rings (SSSR count). The minimum absolute atomic E-state index is 0.359. The summed E-state index contributed by atoms with van der Waals surface area (Å²) in [4.78, 5) is 33.0.